The van der Waals surface area contributed by atoms with Crippen LogP contribution in [0.25, 0.3) is 0 Å². The Kier molecular flexibility index (Phi) is 4.36. The largest absolute Gasteiger partial charge is 0.328 e. The Hall–Kier alpha value is -0.600. The fraction of sp³-hybridized carbons (Fsp3) is 0.455. The quantitative estimate of drug-likeness (QED) is 0.821. The number of halogens is 2. The van der Waals surface area contributed by atoms with E-state index < -0.39 is 0 Å². The summed E-state index contributed by atoms with van der Waals surface area (Å²) in [4.78, 5) is 0. The van der Waals surface area contributed by atoms with Gasteiger partial charge in [0.2, 0.25) is 0 Å². The Bertz CT molecular complexity index is 301. The zero-order chi connectivity index (χ0) is 10.6. The van der Waals surface area contributed by atoms with Crippen molar-refractivity contribution in [2.45, 2.75) is 32.2 Å². The summed E-state index contributed by atoms with van der Waals surface area (Å²) in [6.07, 6.45) is 2.37. The molecule has 0 spiro atoms. The van der Waals surface area contributed by atoms with Gasteiger partial charge in [0, 0.05) is 6.04 Å². The molecule has 78 valence electrons. The van der Waals surface area contributed by atoms with Crippen molar-refractivity contribution in [1.82, 2.24) is 0 Å². The van der Waals surface area contributed by atoms with Gasteiger partial charge in [-0.2, -0.15) is 0 Å². The minimum Gasteiger partial charge on any atom is -0.328 e. The van der Waals surface area contributed by atoms with Gasteiger partial charge in [-0.15, -0.1) is 0 Å². The highest BCUT2D eigenvalue weighted by molar-refractivity contribution is 6.30. The monoisotopic (exact) mass is 215 g/mol. The van der Waals surface area contributed by atoms with Gasteiger partial charge in [0.15, 0.2) is 0 Å². The van der Waals surface area contributed by atoms with Crippen molar-refractivity contribution < 1.29 is 4.39 Å². The van der Waals surface area contributed by atoms with Crippen molar-refractivity contribution in [2.75, 3.05) is 0 Å². The molecule has 2 N–H and O–H groups in total. The lowest BCUT2D eigenvalue weighted by Gasteiger charge is -2.09. The maximum Gasteiger partial charge on any atom is 0.144 e. The van der Waals surface area contributed by atoms with Crippen LogP contribution in [0.3, 0.4) is 0 Å². The fourth-order valence-electron chi connectivity index (χ4n) is 1.29. The first kappa shape index (κ1) is 11.5. The zero-order valence-corrected chi connectivity index (χ0v) is 9.02. The van der Waals surface area contributed by atoms with Gasteiger partial charge in [0.25, 0.3) is 0 Å². The normalized spacial score (nSPS) is 12.9. The molecule has 3 heteroatoms. The van der Waals surface area contributed by atoms with E-state index in [4.69, 9.17) is 17.3 Å². The molecule has 0 heterocycles. The summed E-state index contributed by atoms with van der Waals surface area (Å²) in [5.41, 5.74) is 6.41. The molecule has 0 aliphatic heterocycles. The van der Waals surface area contributed by atoms with E-state index in [1.807, 2.05) is 6.92 Å². The van der Waals surface area contributed by atoms with Crippen LogP contribution in [-0.2, 0) is 6.42 Å². The van der Waals surface area contributed by atoms with E-state index in [2.05, 4.69) is 0 Å². The summed E-state index contributed by atoms with van der Waals surface area (Å²) in [5, 5.41) is 0.188. The lowest BCUT2D eigenvalue weighted by molar-refractivity contribution is 0.567. The number of benzene rings is 1. The first-order valence-corrected chi connectivity index (χ1v) is 5.21. The maximum absolute atomic E-state index is 13.4. The lowest BCUT2D eigenvalue weighted by Crippen LogP contribution is -2.19. The predicted molar refractivity (Wildman–Crippen MR) is 58.0 cm³/mol. The van der Waals surface area contributed by atoms with Crippen LogP contribution in [0.15, 0.2) is 18.2 Å². The van der Waals surface area contributed by atoms with Crippen molar-refractivity contribution >= 4 is 11.6 Å². The van der Waals surface area contributed by atoms with Gasteiger partial charge in [0.1, 0.15) is 5.82 Å². The summed E-state index contributed by atoms with van der Waals surface area (Å²) >= 11 is 5.66. The lowest BCUT2D eigenvalue weighted by atomic mass is 10.0. The summed E-state index contributed by atoms with van der Waals surface area (Å²) in [5.74, 6) is -0.308. The summed E-state index contributed by atoms with van der Waals surface area (Å²) in [6, 6.07) is 5.22. The Morgan fingerprint density at radius 2 is 2.21 bits per heavy atom. The van der Waals surface area contributed by atoms with E-state index in [1.165, 1.54) is 0 Å². The van der Waals surface area contributed by atoms with Crippen molar-refractivity contribution in [1.29, 1.82) is 0 Å². The molecule has 0 saturated heterocycles. The molecule has 1 nitrogen and oxygen atoms in total. The van der Waals surface area contributed by atoms with Crippen LogP contribution < -0.4 is 5.73 Å². The van der Waals surface area contributed by atoms with Crippen molar-refractivity contribution in [3.05, 3.63) is 34.6 Å². The molecule has 1 rings (SSSR count). The van der Waals surface area contributed by atoms with Crippen molar-refractivity contribution in [3.8, 4) is 0 Å². The highest BCUT2D eigenvalue weighted by Crippen LogP contribution is 2.19. The van der Waals surface area contributed by atoms with Gasteiger partial charge in [-0.05, 0) is 30.9 Å². The molecule has 1 unspecified atom stereocenters. The average Bonchev–Trinajstić information content (AvgIpc) is 2.20. The van der Waals surface area contributed by atoms with E-state index in [9.17, 15) is 4.39 Å². The van der Waals surface area contributed by atoms with Crippen LogP contribution in [0.2, 0.25) is 5.02 Å². The first-order valence-electron chi connectivity index (χ1n) is 4.83. The number of nitrogens with two attached hydrogens (primary N) is 1. The Balaban J connectivity index is 2.63. The van der Waals surface area contributed by atoms with Gasteiger partial charge in [-0.3, -0.25) is 0 Å². The van der Waals surface area contributed by atoms with Crippen LogP contribution in [-0.4, -0.2) is 6.04 Å². The molecule has 0 bridgehead atoms. The number of hydrogen-bond acceptors (Lipinski definition) is 1. The molecule has 14 heavy (non-hydrogen) atoms. The van der Waals surface area contributed by atoms with Gasteiger partial charge >= 0.3 is 0 Å². The highest BCUT2D eigenvalue weighted by atomic mass is 35.5. The second-order valence-electron chi connectivity index (χ2n) is 3.42. The third kappa shape index (κ3) is 2.96. The number of rotatable bonds is 4. The highest BCUT2D eigenvalue weighted by Gasteiger charge is 2.07. The van der Waals surface area contributed by atoms with E-state index in [-0.39, 0.29) is 16.9 Å². The molecular weight excluding hydrogens is 201 g/mol. The van der Waals surface area contributed by atoms with E-state index in [0.29, 0.717) is 12.0 Å². The second-order valence-corrected chi connectivity index (χ2v) is 3.83. The molecule has 1 aromatic carbocycles. The molecule has 0 aromatic heterocycles. The fourth-order valence-corrected chi connectivity index (χ4v) is 1.48. The number of hydrogen-bond donors (Lipinski definition) is 1. The molecule has 1 atom stereocenters. The topological polar surface area (TPSA) is 26.0 Å². The van der Waals surface area contributed by atoms with E-state index in [1.54, 1.807) is 18.2 Å². The smallest absolute Gasteiger partial charge is 0.144 e. The molecule has 0 fully saturated rings. The summed E-state index contributed by atoms with van der Waals surface area (Å²) in [6.45, 7) is 2.03. The minimum absolute atomic E-state index is 0.147. The zero-order valence-electron chi connectivity index (χ0n) is 8.26. The second kappa shape index (κ2) is 5.32. The number of aryl methyl sites for hydroxylation is 1. The van der Waals surface area contributed by atoms with Gasteiger partial charge in [-0.1, -0.05) is 30.7 Å². The van der Waals surface area contributed by atoms with Crippen LogP contribution >= 0.6 is 11.6 Å². The molecule has 0 saturated carbocycles. The van der Waals surface area contributed by atoms with Crippen LogP contribution in [0.4, 0.5) is 4.39 Å². The first-order chi connectivity index (χ1) is 6.65. The Labute approximate surface area is 89.1 Å². The van der Waals surface area contributed by atoms with Crippen molar-refractivity contribution in [2.24, 2.45) is 5.73 Å². The molecule has 0 aliphatic carbocycles. The molecule has 0 radical (unpaired) electrons. The Morgan fingerprint density at radius 1 is 1.50 bits per heavy atom. The van der Waals surface area contributed by atoms with Crippen LogP contribution in [0.1, 0.15) is 25.3 Å². The third-order valence-corrected chi connectivity index (χ3v) is 2.63. The summed E-state index contributed by atoms with van der Waals surface area (Å²) in [7, 11) is 0. The maximum atomic E-state index is 13.4. The van der Waals surface area contributed by atoms with E-state index >= 15 is 0 Å². The molecule has 0 amide bonds. The van der Waals surface area contributed by atoms with Crippen LogP contribution in [0, 0.1) is 5.82 Å². The summed E-state index contributed by atoms with van der Waals surface area (Å²) < 4.78 is 13.4. The van der Waals surface area contributed by atoms with Crippen molar-refractivity contribution in [3.63, 3.8) is 0 Å². The van der Waals surface area contributed by atoms with Crippen LogP contribution in [0.5, 0.6) is 0 Å². The minimum atomic E-state index is -0.308. The standard InChI is InChI=1S/C11H15ClFN/c1-2-9(14)7-6-8-4-3-5-10(12)11(8)13/h3-5,9H,2,6-7,14H2,1H3. The van der Waals surface area contributed by atoms with E-state index in [0.717, 1.165) is 12.8 Å². The molecular formula is C11H15ClFN. The van der Waals surface area contributed by atoms with Gasteiger partial charge in [-0.25, -0.2) is 4.39 Å². The van der Waals surface area contributed by atoms with Gasteiger partial charge < -0.3 is 5.73 Å². The predicted octanol–water partition coefficient (Wildman–Crippen LogP) is 3.15. The Morgan fingerprint density at radius 3 is 2.86 bits per heavy atom. The molecule has 0 aliphatic rings. The molecule has 1 aromatic rings. The average molecular weight is 216 g/mol. The van der Waals surface area contributed by atoms with Gasteiger partial charge in [0.05, 0.1) is 5.02 Å². The third-order valence-electron chi connectivity index (χ3n) is 2.34. The SMILES string of the molecule is CCC(N)CCc1cccc(Cl)c1F.